The molecule has 1 heterocycles. The predicted octanol–water partition coefficient (Wildman–Crippen LogP) is 4.05. The molecule has 1 unspecified atom stereocenters. The van der Waals surface area contributed by atoms with Gasteiger partial charge in [0.15, 0.2) is 0 Å². The van der Waals surface area contributed by atoms with Crippen LogP contribution in [0.25, 0.3) is 6.08 Å². The minimum atomic E-state index is 0.0741. The van der Waals surface area contributed by atoms with Gasteiger partial charge in [-0.1, -0.05) is 61.9 Å². The summed E-state index contributed by atoms with van der Waals surface area (Å²) in [5.74, 6) is 0.0741. The highest BCUT2D eigenvalue weighted by molar-refractivity contribution is 5.87. The number of likely N-dealkylation sites (tertiary alicyclic amines) is 1. The Morgan fingerprint density at radius 1 is 1.25 bits per heavy atom. The summed E-state index contributed by atoms with van der Waals surface area (Å²) in [7, 11) is 0. The lowest BCUT2D eigenvalue weighted by atomic mass is 10.1. The van der Waals surface area contributed by atoms with Gasteiger partial charge in [-0.3, -0.25) is 4.79 Å². The zero-order valence-corrected chi connectivity index (χ0v) is 12.0. The van der Waals surface area contributed by atoms with Crippen LogP contribution in [0.5, 0.6) is 0 Å². The van der Waals surface area contributed by atoms with Crippen molar-refractivity contribution in [3.05, 3.63) is 54.6 Å². The van der Waals surface area contributed by atoms with Crippen LogP contribution >= 0.6 is 0 Å². The van der Waals surface area contributed by atoms with Gasteiger partial charge in [0, 0.05) is 12.6 Å². The van der Waals surface area contributed by atoms with Crippen LogP contribution in [0.2, 0.25) is 0 Å². The van der Waals surface area contributed by atoms with Crippen molar-refractivity contribution in [2.24, 2.45) is 0 Å². The number of carbonyl (C=O) groups excluding carboxylic acids is 1. The number of hydrogen-bond acceptors (Lipinski definition) is 1. The first-order valence-corrected chi connectivity index (χ1v) is 7.46. The fourth-order valence-electron chi connectivity index (χ4n) is 2.76. The summed E-state index contributed by atoms with van der Waals surface area (Å²) in [4.78, 5) is 13.9. The van der Waals surface area contributed by atoms with E-state index in [1.165, 1.54) is 24.5 Å². The second kappa shape index (κ2) is 7.68. The largest absolute Gasteiger partial charge is 0.336 e. The summed E-state index contributed by atoms with van der Waals surface area (Å²) in [6.07, 6.45) is 11.3. The molecule has 1 aromatic carbocycles. The second-order valence-corrected chi connectivity index (χ2v) is 5.29. The van der Waals surface area contributed by atoms with Crippen molar-refractivity contribution in [2.75, 3.05) is 6.54 Å². The molecule has 0 radical (unpaired) electrons. The molecule has 1 aliphatic heterocycles. The summed E-state index contributed by atoms with van der Waals surface area (Å²) >= 11 is 0. The minimum absolute atomic E-state index is 0.0741. The van der Waals surface area contributed by atoms with Gasteiger partial charge in [-0.05, 0) is 30.9 Å². The number of amides is 1. The maximum Gasteiger partial charge on any atom is 0.246 e. The van der Waals surface area contributed by atoms with Crippen molar-refractivity contribution < 1.29 is 4.79 Å². The lowest BCUT2D eigenvalue weighted by Crippen LogP contribution is -2.38. The first-order chi connectivity index (χ1) is 9.81. The molecule has 2 heteroatoms. The Morgan fingerprint density at radius 3 is 2.80 bits per heavy atom. The molecule has 2 rings (SSSR count). The van der Waals surface area contributed by atoms with Gasteiger partial charge in [0.05, 0.1) is 0 Å². The van der Waals surface area contributed by atoms with Gasteiger partial charge >= 0.3 is 0 Å². The molecule has 0 N–H and O–H groups in total. The third kappa shape index (κ3) is 4.09. The van der Waals surface area contributed by atoms with Crippen LogP contribution in [-0.4, -0.2) is 23.4 Å². The Kier molecular flexibility index (Phi) is 5.60. The molecule has 0 saturated carbocycles. The van der Waals surface area contributed by atoms with Gasteiger partial charge in [0.2, 0.25) is 5.91 Å². The molecule has 1 atom stereocenters. The molecule has 0 spiro atoms. The molecule has 1 saturated heterocycles. The molecule has 106 valence electrons. The van der Waals surface area contributed by atoms with Gasteiger partial charge in [-0.2, -0.15) is 0 Å². The Bertz CT molecular complexity index is 464. The summed E-state index contributed by atoms with van der Waals surface area (Å²) < 4.78 is 0. The number of nitrogens with zero attached hydrogens (tertiary/aromatic N) is 1. The van der Waals surface area contributed by atoms with Crippen LogP contribution in [0.1, 0.15) is 37.7 Å². The third-order valence-electron chi connectivity index (χ3n) is 3.85. The molecule has 0 aromatic heterocycles. The number of rotatable bonds is 4. The van der Waals surface area contributed by atoms with Crippen molar-refractivity contribution in [3.63, 3.8) is 0 Å². The molecule has 0 aliphatic carbocycles. The molecule has 1 amide bonds. The minimum Gasteiger partial charge on any atom is -0.336 e. The predicted molar refractivity (Wildman–Crippen MR) is 84.3 cm³/mol. The van der Waals surface area contributed by atoms with E-state index in [9.17, 15) is 4.79 Å². The summed E-state index contributed by atoms with van der Waals surface area (Å²) in [5.41, 5.74) is 1.21. The quantitative estimate of drug-likeness (QED) is 0.755. The standard InChI is InChI=1S/C18H23NO/c1-2-18(20)19-15-8-4-7-13-17(19)14-9-12-16-10-5-3-6-11-16/h2-3,5-6,9-12,17H,1,4,7-8,13-15H2/b12-9+. The number of benzene rings is 1. The zero-order valence-electron chi connectivity index (χ0n) is 12.0. The zero-order chi connectivity index (χ0) is 14.2. The van der Waals surface area contributed by atoms with E-state index in [1.54, 1.807) is 0 Å². The van der Waals surface area contributed by atoms with Crippen LogP contribution in [0.4, 0.5) is 0 Å². The van der Waals surface area contributed by atoms with E-state index < -0.39 is 0 Å². The van der Waals surface area contributed by atoms with Gasteiger partial charge in [0.25, 0.3) is 0 Å². The van der Waals surface area contributed by atoms with E-state index in [1.807, 2.05) is 23.1 Å². The highest BCUT2D eigenvalue weighted by atomic mass is 16.2. The van der Waals surface area contributed by atoms with Gasteiger partial charge in [0.1, 0.15) is 0 Å². The molecular formula is C18H23NO. The van der Waals surface area contributed by atoms with Gasteiger partial charge < -0.3 is 4.90 Å². The summed E-state index contributed by atoms with van der Waals surface area (Å²) in [6.45, 7) is 4.49. The van der Waals surface area contributed by atoms with E-state index in [0.717, 1.165) is 25.8 Å². The van der Waals surface area contributed by atoms with E-state index >= 15 is 0 Å². The highest BCUT2D eigenvalue weighted by Gasteiger charge is 2.22. The van der Waals surface area contributed by atoms with Crippen LogP contribution in [0, 0.1) is 0 Å². The van der Waals surface area contributed by atoms with Crippen LogP contribution in [0.3, 0.4) is 0 Å². The molecule has 1 aliphatic rings. The summed E-state index contributed by atoms with van der Waals surface area (Å²) in [5, 5.41) is 0. The molecule has 2 nitrogen and oxygen atoms in total. The van der Waals surface area contributed by atoms with Crippen LogP contribution < -0.4 is 0 Å². The van der Waals surface area contributed by atoms with Gasteiger partial charge in [-0.15, -0.1) is 0 Å². The van der Waals surface area contributed by atoms with Crippen LogP contribution in [0.15, 0.2) is 49.1 Å². The fraction of sp³-hybridized carbons (Fsp3) is 0.389. The van der Waals surface area contributed by atoms with Crippen molar-refractivity contribution in [3.8, 4) is 0 Å². The van der Waals surface area contributed by atoms with Crippen LogP contribution in [-0.2, 0) is 4.79 Å². The molecule has 1 fully saturated rings. The topological polar surface area (TPSA) is 20.3 Å². The number of carbonyl (C=O) groups is 1. The number of hydrogen-bond donors (Lipinski definition) is 0. The first kappa shape index (κ1) is 14.6. The maximum absolute atomic E-state index is 11.9. The van der Waals surface area contributed by atoms with Crippen molar-refractivity contribution in [1.82, 2.24) is 4.90 Å². The van der Waals surface area contributed by atoms with Crippen molar-refractivity contribution >= 4 is 12.0 Å². The van der Waals surface area contributed by atoms with E-state index in [-0.39, 0.29) is 5.91 Å². The molecule has 20 heavy (non-hydrogen) atoms. The lowest BCUT2D eigenvalue weighted by Gasteiger charge is -2.28. The maximum atomic E-state index is 11.9. The van der Waals surface area contributed by atoms with E-state index in [0.29, 0.717) is 6.04 Å². The van der Waals surface area contributed by atoms with E-state index in [2.05, 4.69) is 30.9 Å². The lowest BCUT2D eigenvalue weighted by molar-refractivity contribution is -0.128. The Morgan fingerprint density at radius 2 is 2.05 bits per heavy atom. The van der Waals surface area contributed by atoms with Crippen molar-refractivity contribution in [2.45, 2.75) is 38.1 Å². The fourth-order valence-corrected chi connectivity index (χ4v) is 2.76. The average Bonchev–Trinajstić information content (AvgIpc) is 2.73. The highest BCUT2D eigenvalue weighted by Crippen LogP contribution is 2.20. The normalized spacial score (nSPS) is 19.8. The average molecular weight is 269 g/mol. The first-order valence-electron chi connectivity index (χ1n) is 7.46. The monoisotopic (exact) mass is 269 g/mol. The Labute approximate surface area is 121 Å². The second-order valence-electron chi connectivity index (χ2n) is 5.29. The Balaban J connectivity index is 1.99. The SMILES string of the molecule is C=CC(=O)N1CCCCCC1C/C=C/c1ccccc1. The molecular weight excluding hydrogens is 246 g/mol. The summed E-state index contributed by atoms with van der Waals surface area (Å²) in [6, 6.07) is 10.6. The van der Waals surface area contributed by atoms with Gasteiger partial charge in [-0.25, -0.2) is 0 Å². The molecule has 1 aromatic rings. The Hall–Kier alpha value is -1.83. The third-order valence-corrected chi connectivity index (χ3v) is 3.85. The smallest absolute Gasteiger partial charge is 0.246 e. The van der Waals surface area contributed by atoms with Crippen molar-refractivity contribution in [1.29, 1.82) is 0 Å². The van der Waals surface area contributed by atoms with E-state index in [4.69, 9.17) is 0 Å². The molecule has 0 bridgehead atoms.